The van der Waals surface area contributed by atoms with Crippen LogP contribution in [0.2, 0.25) is 0 Å². The van der Waals surface area contributed by atoms with Crippen LogP contribution in [0.5, 0.6) is 0 Å². The van der Waals surface area contributed by atoms with Gasteiger partial charge in [-0.15, -0.1) is 20.4 Å². The number of nitrogens with zero attached hydrogens (tertiary/aromatic N) is 4. The molecular weight excluding hydrogens is 372 g/mol. The lowest BCUT2D eigenvalue weighted by Crippen LogP contribution is -2.29. The molecule has 0 spiro atoms. The van der Waals surface area contributed by atoms with Crippen LogP contribution in [0.1, 0.15) is 28.4 Å². The van der Waals surface area contributed by atoms with Crippen molar-refractivity contribution < 1.29 is 9.59 Å². The molecule has 0 saturated heterocycles. The van der Waals surface area contributed by atoms with Crippen molar-refractivity contribution in [3.8, 4) is 0 Å². The molecule has 134 valence electrons. The molecule has 0 fully saturated rings. The summed E-state index contributed by atoms with van der Waals surface area (Å²) >= 11 is 2.44. The first-order valence-electron chi connectivity index (χ1n) is 7.81. The van der Waals surface area contributed by atoms with Crippen molar-refractivity contribution in [1.29, 1.82) is 0 Å². The smallest absolute Gasteiger partial charge is 0.292 e. The van der Waals surface area contributed by atoms with E-state index in [0.29, 0.717) is 11.4 Å². The minimum atomic E-state index is -0.824. The second-order valence-corrected chi connectivity index (χ2v) is 7.80. The largest absolute Gasteiger partial charge is 0.315 e. The van der Waals surface area contributed by atoms with E-state index in [4.69, 9.17) is 0 Å². The van der Waals surface area contributed by atoms with Gasteiger partial charge in [0.2, 0.25) is 10.3 Å². The third kappa shape index (κ3) is 4.67. The van der Waals surface area contributed by atoms with Gasteiger partial charge in [0.05, 0.1) is 0 Å². The Morgan fingerprint density at radius 3 is 2.19 bits per heavy atom. The molecule has 2 aromatic heterocycles. The summed E-state index contributed by atoms with van der Waals surface area (Å²) in [6.07, 6.45) is 0.702. The Balaban J connectivity index is 1.56. The maximum absolute atomic E-state index is 11.9. The average molecular weight is 388 g/mol. The minimum absolute atomic E-state index is 0.275. The van der Waals surface area contributed by atoms with Crippen LogP contribution >= 0.6 is 22.7 Å². The molecule has 0 unspecified atom stereocenters. The number of anilines is 2. The van der Waals surface area contributed by atoms with Gasteiger partial charge in [-0.3, -0.25) is 20.2 Å². The number of rotatable bonds is 5. The Hall–Kier alpha value is -2.72. The monoisotopic (exact) mass is 388 g/mol. The van der Waals surface area contributed by atoms with Crippen molar-refractivity contribution >= 4 is 44.8 Å². The molecule has 1 aromatic carbocycles. The van der Waals surface area contributed by atoms with Crippen molar-refractivity contribution in [3.63, 3.8) is 0 Å². The number of nitrogens with one attached hydrogen (secondary N) is 2. The van der Waals surface area contributed by atoms with Crippen LogP contribution in [0.4, 0.5) is 10.3 Å². The first kappa shape index (κ1) is 18.1. The maximum atomic E-state index is 11.9. The predicted octanol–water partition coefficient (Wildman–Crippen LogP) is 2.62. The zero-order valence-electron chi connectivity index (χ0n) is 14.1. The lowest BCUT2D eigenvalue weighted by atomic mass is 9.98. The highest BCUT2D eigenvalue weighted by atomic mass is 32.1. The molecule has 2 N–H and O–H groups in total. The summed E-state index contributed by atoms with van der Waals surface area (Å²) in [5.74, 6) is -1.37. The van der Waals surface area contributed by atoms with Crippen LogP contribution < -0.4 is 10.6 Å². The summed E-state index contributed by atoms with van der Waals surface area (Å²) in [5, 5.41) is 22.4. The van der Waals surface area contributed by atoms with E-state index in [9.17, 15) is 9.59 Å². The molecule has 26 heavy (non-hydrogen) atoms. The predicted molar refractivity (Wildman–Crippen MR) is 100 cm³/mol. The van der Waals surface area contributed by atoms with Gasteiger partial charge in [-0.1, -0.05) is 59.9 Å². The van der Waals surface area contributed by atoms with Crippen LogP contribution in [0.15, 0.2) is 30.3 Å². The lowest BCUT2D eigenvalue weighted by molar-refractivity contribution is -0.133. The van der Waals surface area contributed by atoms with Crippen LogP contribution in [0, 0.1) is 6.92 Å². The van der Waals surface area contributed by atoms with Gasteiger partial charge >= 0.3 is 11.8 Å². The second-order valence-electron chi connectivity index (χ2n) is 5.55. The van der Waals surface area contributed by atoms with Crippen LogP contribution in [0.25, 0.3) is 0 Å². The molecule has 10 heteroatoms. The van der Waals surface area contributed by atoms with Crippen molar-refractivity contribution in [2.75, 3.05) is 10.6 Å². The quantitative estimate of drug-likeness (QED) is 0.650. The number of aromatic nitrogens is 4. The van der Waals surface area contributed by atoms with Crippen LogP contribution in [-0.4, -0.2) is 32.2 Å². The summed E-state index contributed by atoms with van der Waals surface area (Å²) in [7, 11) is 0. The highest BCUT2D eigenvalue weighted by molar-refractivity contribution is 7.15. The number of benzene rings is 1. The minimum Gasteiger partial charge on any atom is -0.292 e. The molecule has 3 rings (SSSR count). The molecule has 2 amide bonds. The van der Waals surface area contributed by atoms with E-state index in [1.165, 1.54) is 28.2 Å². The SMILES string of the molecule is Cc1nnc(NC(=O)C(=O)Nc2nnc(C[C@@H](C)c3ccccc3)s2)s1. The van der Waals surface area contributed by atoms with Gasteiger partial charge in [-0.2, -0.15) is 0 Å². The Morgan fingerprint density at radius 1 is 0.962 bits per heavy atom. The van der Waals surface area contributed by atoms with E-state index in [2.05, 4.69) is 50.1 Å². The summed E-state index contributed by atoms with van der Waals surface area (Å²) in [4.78, 5) is 23.8. The highest BCUT2D eigenvalue weighted by Gasteiger charge is 2.18. The number of aryl methyl sites for hydroxylation is 1. The van der Waals surface area contributed by atoms with Crippen molar-refractivity contribution in [1.82, 2.24) is 20.4 Å². The summed E-state index contributed by atoms with van der Waals surface area (Å²) in [6.45, 7) is 3.86. The van der Waals surface area contributed by atoms with Gasteiger partial charge in [-0.05, 0) is 18.4 Å². The highest BCUT2D eigenvalue weighted by Crippen LogP contribution is 2.24. The molecule has 0 aliphatic heterocycles. The maximum Gasteiger partial charge on any atom is 0.315 e. The molecular formula is C16H16N6O2S2. The number of hydrogen-bond acceptors (Lipinski definition) is 8. The van der Waals surface area contributed by atoms with Gasteiger partial charge in [0, 0.05) is 6.42 Å². The first-order valence-corrected chi connectivity index (χ1v) is 9.44. The fourth-order valence-corrected chi connectivity index (χ4v) is 3.65. The topological polar surface area (TPSA) is 110 Å². The molecule has 0 radical (unpaired) electrons. The van der Waals surface area contributed by atoms with E-state index in [1.54, 1.807) is 6.92 Å². The zero-order valence-corrected chi connectivity index (χ0v) is 15.7. The number of carbonyl (C=O) groups is 2. The van der Waals surface area contributed by atoms with Gasteiger partial charge in [0.15, 0.2) is 0 Å². The van der Waals surface area contributed by atoms with Crippen molar-refractivity contribution in [3.05, 3.63) is 45.9 Å². The Morgan fingerprint density at radius 2 is 1.58 bits per heavy atom. The van der Waals surface area contributed by atoms with Crippen molar-refractivity contribution in [2.24, 2.45) is 0 Å². The average Bonchev–Trinajstić information content (AvgIpc) is 3.24. The summed E-state index contributed by atoms with van der Waals surface area (Å²) in [5.41, 5.74) is 1.21. The van der Waals surface area contributed by atoms with Gasteiger partial charge < -0.3 is 0 Å². The molecule has 8 nitrogen and oxygen atoms in total. The molecule has 1 atom stereocenters. The molecule has 0 saturated carbocycles. The summed E-state index contributed by atoms with van der Waals surface area (Å²) < 4.78 is 0. The summed E-state index contributed by atoms with van der Waals surface area (Å²) in [6, 6.07) is 10.1. The van der Waals surface area contributed by atoms with Crippen molar-refractivity contribution in [2.45, 2.75) is 26.2 Å². The fraction of sp³-hybridized carbons (Fsp3) is 0.250. The zero-order chi connectivity index (χ0) is 18.5. The Labute approximate surface area is 157 Å². The standard InChI is InChI=1S/C16H16N6O2S2/c1-9(11-6-4-3-5-7-11)8-12-20-22-16(26-12)18-14(24)13(23)17-15-21-19-10(2)25-15/h3-7,9H,8H2,1-2H3,(H,17,21,23)(H,18,22,24)/t9-/m1/s1. The third-order valence-electron chi connectivity index (χ3n) is 3.49. The second kappa shape index (κ2) is 8.11. The van der Waals surface area contributed by atoms with E-state index in [1.807, 2.05) is 18.2 Å². The lowest BCUT2D eigenvalue weighted by Gasteiger charge is -2.08. The van der Waals surface area contributed by atoms with E-state index in [-0.39, 0.29) is 16.2 Å². The number of carbonyl (C=O) groups excluding carboxylic acids is 2. The van der Waals surface area contributed by atoms with Gasteiger partial charge in [0.25, 0.3) is 0 Å². The Bertz CT molecular complexity index is 908. The van der Waals surface area contributed by atoms with Gasteiger partial charge in [-0.25, -0.2) is 0 Å². The van der Waals surface area contributed by atoms with E-state index in [0.717, 1.165) is 5.01 Å². The molecule has 0 aliphatic carbocycles. The normalized spacial score (nSPS) is 11.8. The Kier molecular flexibility index (Phi) is 5.64. The van der Waals surface area contributed by atoms with Gasteiger partial charge in [0.1, 0.15) is 10.0 Å². The molecule has 3 aromatic rings. The van der Waals surface area contributed by atoms with E-state index >= 15 is 0 Å². The fourth-order valence-electron chi connectivity index (χ4n) is 2.20. The molecule has 0 aliphatic rings. The van der Waals surface area contributed by atoms with Crippen LogP contribution in [-0.2, 0) is 16.0 Å². The number of amides is 2. The third-order valence-corrected chi connectivity index (χ3v) is 5.10. The first-order chi connectivity index (χ1) is 12.5. The molecule has 0 bridgehead atoms. The van der Waals surface area contributed by atoms with E-state index < -0.39 is 11.8 Å². The molecule has 2 heterocycles. The number of hydrogen-bond donors (Lipinski definition) is 2. The van der Waals surface area contributed by atoms with Crippen LogP contribution in [0.3, 0.4) is 0 Å².